The van der Waals surface area contributed by atoms with E-state index < -0.39 is 0 Å². The highest BCUT2D eigenvalue weighted by Crippen LogP contribution is 2.40. The third-order valence-corrected chi connectivity index (χ3v) is 11.4. The summed E-state index contributed by atoms with van der Waals surface area (Å²) in [5.41, 5.74) is 0.566. The number of likely N-dealkylation sites (tertiary alicyclic amines) is 2. The van der Waals surface area contributed by atoms with Crippen LogP contribution in [0.5, 0.6) is 0 Å². The Hall–Kier alpha value is -1.26. The Kier molecular flexibility index (Phi) is 50.7. The number of ether oxygens (including phenoxy) is 2. The molecule has 1 spiro atoms. The zero-order valence-electron chi connectivity index (χ0n) is 47.3. The van der Waals surface area contributed by atoms with Gasteiger partial charge in [0, 0.05) is 91.9 Å². The number of nitrogens with zero attached hydrogens (tertiary/aromatic N) is 5. The highest BCUT2D eigenvalue weighted by atomic mass is 16.5. The first-order valence-corrected chi connectivity index (χ1v) is 27.4. The van der Waals surface area contributed by atoms with Crippen LogP contribution >= 0.6 is 0 Å². The molecule has 388 valence electrons. The fraction of sp³-hybridized carbons (Fsp3) is 0.964. The van der Waals surface area contributed by atoms with Crippen molar-refractivity contribution in [3.8, 4) is 0 Å². The van der Waals surface area contributed by atoms with E-state index in [-0.39, 0.29) is 5.91 Å². The number of rotatable bonds is 17. The molecular weight excluding hydrogens is 795 g/mol. The summed E-state index contributed by atoms with van der Waals surface area (Å²) in [5.74, 6) is 3.69. The van der Waals surface area contributed by atoms with Crippen LogP contribution in [0.2, 0.25) is 0 Å². The zero-order valence-corrected chi connectivity index (χ0v) is 47.3. The summed E-state index contributed by atoms with van der Waals surface area (Å²) in [6.45, 7) is 56.9. The Morgan fingerprint density at radius 1 is 0.641 bits per heavy atom. The lowest BCUT2D eigenvalue weighted by atomic mass is 9.72. The fourth-order valence-electron chi connectivity index (χ4n) is 7.90. The van der Waals surface area contributed by atoms with Crippen molar-refractivity contribution in [3.63, 3.8) is 0 Å². The number of carbonyl (C=O) groups excluding carboxylic acids is 2. The molecule has 9 nitrogen and oxygen atoms in total. The zero-order chi connectivity index (χ0) is 49.9. The second-order valence-corrected chi connectivity index (χ2v) is 19.5. The molecule has 0 aromatic heterocycles. The van der Waals surface area contributed by atoms with E-state index >= 15 is 0 Å². The minimum absolute atomic E-state index is 0.276. The van der Waals surface area contributed by atoms with Crippen molar-refractivity contribution in [2.24, 2.45) is 29.1 Å². The molecule has 1 unspecified atom stereocenters. The maximum Gasteiger partial charge on any atom is 0.222 e. The molecule has 9 heteroatoms. The van der Waals surface area contributed by atoms with Gasteiger partial charge in [-0.3, -0.25) is 19.4 Å². The summed E-state index contributed by atoms with van der Waals surface area (Å²) in [7, 11) is 1.86. The first kappa shape index (κ1) is 69.3. The predicted molar refractivity (Wildman–Crippen MR) is 284 cm³/mol. The summed E-state index contributed by atoms with van der Waals surface area (Å²) >= 11 is 0. The fourth-order valence-corrected chi connectivity index (χ4v) is 7.90. The highest BCUT2D eigenvalue weighted by Gasteiger charge is 2.44. The smallest absolute Gasteiger partial charge is 0.222 e. The third kappa shape index (κ3) is 38.8. The molecule has 0 aromatic carbocycles. The second-order valence-electron chi connectivity index (χ2n) is 19.5. The van der Waals surface area contributed by atoms with Crippen LogP contribution in [0.3, 0.4) is 0 Å². The van der Waals surface area contributed by atoms with Crippen molar-refractivity contribution >= 4 is 11.8 Å². The Morgan fingerprint density at radius 3 is 1.59 bits per heavy atom. The minimum Gasteiger partial charge on any atom is -0.379 e. The number of piperidine rings is 1. The monoisotopic (exact) mass is 914 g/mol. The van der Waals surface area contributed by atoms with Gasteiger partial charge in [0.15, 0.2) is 0 Å². The normalized spacial score (nSPS) is 18.1. The van der Waals surface area contributed by atoms with Gasteiger partial charge in [0.1, 0.15) is 0 Å². The minimum atomic E-state index is 0.276. The lowest BCUT2D eigenvalue weighted by Gasteiger charge is -2.54. The number of hydrogen-bond acceptors (Lipinski definition) is 7. The Balaban J connectivity index is -0.000000359. The van der Waals surface area contributed by atoms with Crippen molar-refractivity contribution in [1.29, 1.82) is 0 Å². The van der Waals surface area contributed by atoms with Gasteiger partial charge in [0.05, 0.1) is 25.9 Å². The van der Waals surface area contributed by atoms with Crippen LogP contribution in [0, 0.1) is 29.1 Å². The van der Waals surface area contributed by atoms with E-state index in [1.165, 1.54) is 84.1 Å². The van der Waals surface area contributed by atoms with Crippen molar-refractivity contribution in [1.82, 2.24) is 24.5 Å². The number of hydrogen-bond donors (Lipinski definition) is 0. The van der Waals surface area contributed by atoms with Crippen LogP contribution in [-0.4, -0.2) is 148 Å². The van der Waals surface area contributed by atoms with E-state index in [1.54, 1.807) is 4.90 Å². The van der Waals surface area contributed by atoms with Gasteiger partial charge in [0.2, 0.25) is 11.8 Å². The molecule has 4 aliphatic heterocycles. The van der Waals surface area contributed by atoms with E-state index in [0.29, 0.717) is 36.2 Å². The van der Waals surface area contributed by atoms with E-state index in [9.17, 15) is 9.59 Å². The molecule has 4 aliphatic rings. The summed E-state index contributed by atoms with van der Waals surface area (Å²) in [5, 5.41) is 0. The van der Waals surface area contributed by atoms with Crippen LogP contribution in [0.15, 0.2) is 0 Å². The Morgan fingerprint density at radius 2 is 1.14 bits per heavy atom. The van der Waals surface area contributed by atoms with Gasteiger partial charge >= 0.3 is 0 Å². The molecule has 64 heavy (non-hydrogen) atoms. The van der Waals surface area contributed by atoms with E-state index in [1.807, 2.05) is 62.4 Å². The molecular formula is C55H119N5O4. The van der Waals surface area contributed by atoms with Crippen LogP contribution in [0.1, 0.15) is 209 Å². The van der Waals surface area contributed by atoms with Crippen LogP contribution < -0.4 is 0 Å². The SMILES string of the molecule is CC.CC.CC.CC(C)CCC1CN(CC(C)C)CCO1.CC(C)CN1CCOCC1.CCC.CCCCCN1CC2(CCN(C(=O)CC)CC2)C1.CCN(C)C(=O)CCCC(C)C. The molecule has 0 saturated carbocycles. The lowest BCUT2D eigenvalue weighted by Crippen LogP contribution is -2.60. The van der Waals surface area contributed by atoms with Gasteiger partial charge < -0.3 is 24.2 Å². The van der Waals surface area contributed by atoms with E-state index in [2.05, 4.69) is 95.8 Å². The largest absolute Gasteiger partial charge is 0.379 e. The van der Waals surface area contributed by atoms with Crippen molar-refractivity contribution in [3.05, 3.63) is 0 Å². The molecule has 0 aliphatic carbocycles. The average Bonchev–Trinajstić information content (AvgIpc) is 3.27. The number of unbranched alkanes of at least 4 members (excludes halogenated alkanes) is 2. The summed E-state index contributed by atoms with van der Waals surface area (Å²) in [6, 6.07) is 0. The van der Waals surface area contributed by atoms with E-state index in [4.69, 9.17) is 9.47 Å². The number of morpholine rings is 2. The summed E-state index contributed by atoms with van der Waals surface area (Å²) in [4.78, 5) is 34.4. The quantitative estimate of drug-likeness (QED) is 0.135. The lowest BCUT2D eigenvalue weighted by molar-refractivity contribution is -0.136. The van der Waals surface area contributed by atoms with Gasteiger partial charge in [-0.2, -0.15) is 0 Å². The average molecular weight is 915 g/mol. The molecule has 4 saturated heterocycles. The van der Waals surface area contributed by atoms with E-state index in [0.717, 1.165) is 96.2 Å². The molecule has 4 rings (SSSR count). The first-order valence-electron chi connectivity index (χ1n) is 27.4. The van der Waals surface area contributed by atoms with Crippen molar-refractivity contribution < 1.29 is 19.1 Å². The molecule has 0 N–H and O–H groups in total. The molecule has 2 amide bonds. The summed E-state index contributed by atoms with van der Waals surface area (Å²) < 4.78 is 11.0. The predicted octanol–water partition coefficient (Wildman–Crippen LogP) is 13.1. The molecule has 4 fully saturated rings. The molecule has 0 radical (unpaired) electrons. The van der Waals surface area contributed by atoms with Gasteiger partial charge in [-0.15, -0.1) is 0 Å². The van der Waals surface area contributed by atoms with Gasteiger partial charge in [-0.1, -0.05) is 150 Å². The number of carbonyl (C=O) groups is 2. The standard InChI is InChI=1S/C15H28N2O.C13H27NO.C10H21NO.C8H17NO.C3H8.3C2H6/c1-3-5-6-9-16-12-15(13-16)7-10-17(11-8-15)14(18)4-2;1-11(2)5-6-13-10-14(7-8-15-13)9-12(3)4;1-5-11(4)10(12)8-6-7-9(2)3;1-8(2)7-9-3-5-10-6-4-9;1-3-2;3*1-2/h3-13H2,1-2H3;11-13H,5-10H2,1-4H3;9H,5-8H2,1-4H3;8H,3-7H2,1-2H3;3H2,1-2H3;3*1-2H3. The van der Waals surface area contributed by atoms with Crippen LogP contribution in [0.25, 0.3) is 0 Å². The topological polar surface area (TPSA) is 68.8 Å². The molecule has 0 aromatic rings. The second kappa shape index (κ2) is 46.8. The maximum atomic E-state index is 11.6. The van der Waals surface area contributed by atoms with Gasteiger partial charge in [-0.05, 0) is 81.1 Å². The van der Waals surface area contributed by atoms with Crippen LogP contribution in [-0.2, 0) is 19.1 Å². The third-order valence-electron chi connectivity index (χ3n) is 11.4. The number of amides is 2. The molecule has 0 bridgehead atoms. The molecule has 4 heterocycles. The van der Waals surface area contributed by atoms with Crippen molar-refractivity contribution in [2.45, 2.75) is 215 Å². The first-order chi connectivity index (χ1) is 30.5. The van der Waals surface area contributed by atoms with Gasteiger partial charge in [-0.25, -0.2) is 0 Å². The van der Waals surface area contributed by atoms with Crippen molar-refractivity contribution in [2.75, 3.05) is 105 Å². The summed E-state index contributed by atoms with van der Waals surface area (Å²) in [6.07, 6.45) is 14.3. The highest BCUT2D eigenvalue weighted by molar-refractivity contribution is 5.76. The van der Waals surface area contributed by atoms with Crippen LogP contribution in [0.4, 0.5) is 0 Å². The van der Waals surface area contributed by atoms with Gasteiger partial charge in [0.25, 0.3) is 0 Å². The maximum absolute atomic E-state index is 11.6. The molecule has 1 atom stereocenters. The Labute approximate surface area is 403 Å². The Bertz CT molecular complexity index is 972.